The maximum absolute atomic E-state index is 2.52. The molecule has 0 saturated carbocycles. The van der Waals surface area contributed by atoms with Crippen molar-refractivity contribution in [2.45, 2.75) is 0 Å². The summed E-state index contributed by atoms with van der Waals surface area (Å²) in [6.45, 7) is -0.0300. The van der Waals surface area contributed by atoms with E-state index in [2.05, 4.69) is 231 Å². The van der Waals surface area contributed by atoms with Crippen molar-refractivity contribution in [3.8, 4) is 11.4 Å². The highest BCUT2D eigenvalue weighted by Gasteiger charge is 2.44. The summed E-state index contributed by atoms with van der Waals surface area (Å²) in [5.41, 5.74) is 18.1. The van der Waals surface area contributed by atoms with Crippen LogP contribution in [0.2, 0.25) is 0 Å². The molecule has 274 valence electrons. The molecule has 0 atom stereocenters. The van der Waals surface area contributed by atoms with Crippen LogP contribution in [0.25, 0.3) is 55.0 Å². The first-order valence-corrected chi connectivity index (χ1v) is 20.4. The third-order valence-electron chi connectivity index (χ3n) is 12.6. The summed E-state index contributed by atoms with van der Waals surface area (Å²) < 4.78 is 4.88. The van der Waals surface area contributed by atoms with Crippen LogP contribution >= 0.6 is 0 Å². The minimum atomic E-state index is -0.0300. The van der Waals surface area contributed by atoms with E-state index in [1.54, 1.807) is 0 Å². The molecule has 2 aliphatic rings. The van der Waals surface area contributed by atoms with Gasteiger partial charge in [0.15, 0.2) is 0 Å². The number of rotatable bonds is 4. The summed E-state index contributed by atoms with van der Waals surface area (Å²) >= 11 is 0. The lowest BCUT2D eigenvalue weighted by Gasteiger charge is -2.44. The van der Waals surface area contributed by atoms with Gasteiger partial charge in [0.1, 0.15) is 0 Å². The Hall–Kier alpha value is -7.76. The molecule has 4 heterocycles. The smallest absolute Gasteiger partial charge is 0.252 e. The summed E-state index contributed by atoms with van der Waals surface area (Å²) in [4.78, 5) is 5.01. The van der Waals surface area contributed by atoms with Crippen molar-refractivity contribution in [3.05, 3.63) is 212 Å². The Labute approximate surface area is 342 Å². The van der Waals surface area contributed by atoms with Crippen molar-refractivity contribution in [2.75, 3.05) is 9.80 Å². The Balaban J connectivity index is 1.19. The molecule has 13 rings (SSSR count). The highest BCUT2D eigenvalue weighted by molar-refractivity contribution is 7.00. The minimum absolute atomic E-state index is 0.0300. The average Bonchev–Trinajstić information content (AvgIpc) is 3.80. The van der Waals surface area contributed by atoms with Crippen molar-refractivity contribution in [3.63, 3.8) is 0 Å². The fourth-order valence-corrected chi connectivity index (χ4v) is 10.3. The first kappa shape index (κ1) is 32.3. The van der Waals surface area contributed by atoms with Crippen molar-refractivity contribution < 1.29 is 0 Å². The molecule has 5 heteroatoms. The Morgan fingerprint density at radius 2 is 0.644 bits per heavy atom. The Morgan fingerprint density at radius 1 is 0.271 bits per heavy atom. The molecule has 0 amide bonds. The van der Waals surface area contributed by atoms with Gasteiger partial charge in [0.2, 0.25) is 0 Å². The zero-order valence-electron chi connectivity index (χ0n) is 32.1. The lowest BCUT2D eigenvalue weighted by molar-refractivity contribution is 1.17. The van der Waals surface area contributed by atoms with Crippen LogP contribution < -0.4 is 26.2 Å². The predicted molar refractivity (Wildman–Crippen MR) is 249 cm³/mol. The van der Waals surface area contributed by atoms with E-state index in [1.165, 1.54) is 82.7 Å². The Kier molecular flexibility index (Phi) is 6.78. The second kappa shape index (κ2) is 12.4. The lowest BCUT2D eigenvalue weighted by Crippen LogP contribution is -2.61. The zero-order chi connectivity index (χ0) is 38.6. The number of fused-ring (bicyclic) bond motifs is 10. The van der Waals surface area contributed by atoms with E-state index >= 15 is 0 Å². The average molecular weight is 751 g/mol. The highest BCUT2D eigenvalue weighted by Crippen LogP contribution is 2.47. The summed E-state index contributed by atoms with van der Waals surface area (Å²) in [6.07, 6.45) is 0. The number of hydrogen-bond acceptors (Lipinski definition) is 2. The van der Waals surface area contributed by atoms with Crippen molar-refractivity contribution >= 4 is 101 Å². The number of hydrogen-bond donors (Lipinski definition) is 0. The molecule has 59 heavy (non-hydrogen) atoms. The standard InChI is InChI=1S/C54H35BN4/c1-5-18-36(19-6-1)56-46-28-15-13-26-40(46)42-32-44-52(34-50(42)56)58(38-22-9-3-10-23-38)48-30-17-31-49-54(48)55(44)45-33-43-41-27-14-16-29-47(41)57(37-20-7-2-8-21-37)51(43)35-53(45)59(49)39-24-11-4-12-25-39/h1-35H. The molecule has 0 fully saturated rings. The van der Waals surface area contributed by atoms with Gasteiger partial charge in [-0.05, 0) is 101 Å². The molecule has 0 spiro atoms. The maximum Gasteiger partial charge on any atom is 0.252 e. The Bertz CT molecular complexity index is 3220. The number of para-hydroxylation sites is 6. The van der Waals surface area contributed by atoms with Crippen molar-refractivity contribution in [2.24, 2.45) is 0 Å². The largest absolute Gasteiger partial charge is 0.311 e. The molecular weight excluding hydrogens is 715 g/mol. The number of aromatic nitrogens is 2. The van der Waals surface area contributed by atoms with Crippen molar-refractivity contribution in [1.29, 1.82) is 0 Å². The molecule has 11 aromatic rings. The summed E-state index contributed by atoms with van der Waals surface area (Å²) in [7, 11) is 0. The van der Waals surface area contributed by atoms with E-state index in [-0.39, 0.29) is 6.71 Å². The van der Waals surface area contributed by atoms with Crippen LogP contribution in [0.5, 0.6) is 0 Å². The topological polar surface area (TPSA) is 16.3 Å². The fourth-order valence-electron chi connectivity index (χ4n) is 10.3. The first-order chi connectivity index (χ1) is 29.3. The second-order valence-electron chi connectivity index (χ2n) is 15.7. The van der Waals surface area contributed by atoms with E-state index in [1.807, 2.05) is 0 Å². The third kappa shape index (κ3) is 4.55. The summed E-state index contributed by atoms with van der Waals surface area (Å²) in [6, 6.07) is 78.0. The summed E-state index contributed by atoms with van der Waals surface area (Å²) in [5.74, 6) is 0. The van der Waals surface area contributed by atoms with Gasteiger partial charge in [0.05, 0.1) is 22.1 Å². The molecule has 0 radical (unpaired) electrons. The van der Waals surface area contributed by atoms with Gasteiger partial charge >= 0.3 is 0 Å². The quantitative estimate of drug-likeness (QED) is 0.167. The molecule has 0 bridgehead atoms. The van der Waals surface area contributed by atoms with Crippen LogP contribution in [-0.2, 0) is 0 Å². The van der Waals surface area contributed by atoms with Crippen LogP contribution in [0.1, 0.15) is 0 Å². The van der Waals surface area contributed by atoms with Gasteiger partial charge in [-0.1, -0.05) is 127 Å². The van der Waals surface area contributed by atoms with Crippen LogP contribution in [0.3, 0.4) is 0 Å². The SMILES string of the molecule is c1ccc(N2c3cc4c(cc3B3c5cc6c7ccccc7n(-c7ccccc7)c6cc5N(c5ccccc5)c5cccc2c53)c2ccccc2n4-c2ccccc2)cc1. The predicted octanol–water partition coefficient (Wildman–Crippen LogP) is 12.0. The molecule has 2 aromatic heterocycles. The minimum Gasteiger partial charge on any atom is -0.311 e. The summed E-state index contributed by atoms with van der Waals surface area (Å²) in [5, 5.41) is 5.02. The van der Waals surface area contributed by atoms with Crippen LogP contribution in [0.4, 0.5) is 34.1 Å². The van der Waals surface area contributed by atoms with Gasteiger partial charge in [-0.15, -0.1) is 0 Å². The van der Waals surface area contributed by atoms with E-state index in [9.17, 15) is 0 Å². The molecular formula is C54H35BN4. The van der Waals surface area contributed by atoms with E-state index in [0.29, 0.717) is 0 Å². The molecule has 2 aliphatic heterocycles. The lowest BCUT2D eigenvalue weighted by atomic mass is 9.33. The normalized spacial score (nSPS) is 13.0. The molecule has 0 N–H and O–H groups in total. The van der Waals surface area contributed by atoms with Crippen LogP contribution in [0, 0.1) is 0 Å². The van der Waals surface area contributed by atoms with Gasteiger partial charge in [0.25, 0.3) is 6.71 Å². The van der Waals surface area contributed by atoms with Crippen LogP contribution in [-0.4, -0.2) is 15.8 Å². The number of anilines is 6. The zero-order valence-corrected chi connectivity index (χ0v) is 32.1. The molecule has 9 aromatic carbocycles. The molecule has 0 aliphatic carbocycles. The van der Waals surface area contributed by atoms with E-state index in [4.69, 9.17) is 0 Å². The highest BCUT2D eigenvalue weighted by atomic mass is 15.2. The van der Waals surface area contributed by atoms with Crippen molar-refractivity contribution in [1.82, 2.24) is 9.13 Å². The third-order valence-corrected chi connectivity index (χ3v) is 12.6. The van der Waals surface area contributed by atoms with Gasteiger partial charge in [0, 0.05) is 67.0 Å². The Morgan fingerprint density at radius 3 is 1.07 bits per heavy atom. The van der Waals surface area contributed by atoms with Gasteiger partial charge in [-0.3, -0.25) is 0 Å². The molecule has 0 saturated heterocycles. The van der Waals surface area contributed by atoms with Gasteiger partial charge in [-0.25, -0.2) is 0 Å². The molecule has 4 nitrogen and oxygen atoms in total. The molecule has 0 unspecified atom stereocenters. The monoisotopic (exact) mass is 750 g/mol. The first-order valence-electron chi connectivity index (χ1n) is 20.4. The fraction of sp³-hybridized carbons (Fsp3) is 0. The van der Waals surface area contributed by atoms with Gasteiger partial charge in [-0.2, -0.15) is 0 Å². The number of nitrogens with zero attached hydrogens (tertiary/aromatic N) is 4. The number of benzene rings is 9. The maximum atomic E-state index is 2.52. The van der Waals surface area contributed by atoms with E-state index < -0.39 is 0 Å². The van der Waals surface area contributed by atoms with Gasteiger partial charge < -0.3 is 18.9 Å². The van der Waals surface area contributed by atoms with Crippen LogP contribution in [0.15, 0.2) is 212 Å². The van der Waals surface area contributed by atoms with E-state index in [0.717, 1.165) is 22.7 Å². The second-order valence-corrected chi connectivity index (χ2v) is 15.7.